The molecule has 0 aromatic heterocycles. The first-order valence-electron chi connectivity index (χ1n) is 6.66. The van der Waals surface area contributed by atoms with Gasteiger partial charge in [-0.25, -0.2) is 0 Å². The van der Waals surface area contributed by atoms with Gasteiger partial charge in [-0.1, -0.05) is 12.1 Å². The van der Waals surface area contributed by atoms with Crippen LogP contribution in [0.1, 0.15) is 12.0 Å². The average Bonchev–Trinajstić information content (AvgIpc) is 2.48. The smallest absolute Gasteiger partial charge is 0.310 e. The predicted octanol–water partition coefficient (Wildman–Crippen LogP) is 1.64. The Morgan fingerprint density at radius 1 is 1.32 bits per heavy atom. The third-order valence-electron chi connectivity index (χ3n) is 3.79. The third-order valence-corrected chi connectivity index (χ3v) is 3.79. The number of ether oxygens (including phenoxy) is 2. The zero-order valence-electron chi connectivity index (χ0n) is 11.5. The normalized spacial score (nSPS) is 22.8. The van der Waals surface area contributed by atoms with Crippen molar-refractivity contribution in [3.63, 3.8) is 0 Å². The minimum Gasteiger partial charge on any atom is -0.497 e. The molecule has 0 saturated carbocycles. The number of esters is 1. The average molecular weight is 263 g/mol. The molecule has 19 heavy (non-hydrogen) atoms. The molecule has 1 aliphatic heterocycles. The summed E-state index contributed by atoms with van der Waals surface area (Å²) in [5.41, 5.74) is 1.24. The van der Waals surface area contributed by atoms with Gasteiger partial charge >= 0.3 is 5.97 Å². The van der Waals surface area contributed by atoms with Gasteiger partial charge in [0.2, 0.25) is 0 Å². The number of benzene rings is 1. The van der Waals surface area contributed by atoms with Crippen molar-refractivity contribution in [3.05, 3.63) is 29.8 Å². The van der Waals surface area contributed by atoms with E-state index in [2.05, 4.69) is 17.4 Å². The fourth-order valence-electron chi connectivity index (χ4n) is 2.65. The molecule has 1 N–H and O–H groups in total. The summed E-state index contributed by atoms with van der Waals surface area (Å²) in [6.45, 7) is 1.68. The van der Waals surface area contributed by atoms with Crippen molar-refractivity contribution in [1.29, 1.82) is 0 Å². The Labute approximate surface area is 114 Å². The SMILES string of the molecule is COC(=O)[C@@H]1CNCC[C@@H]1Cc1ccc(OC)cc1. The first-order chi connectivity index (χ1) is 9.24. The molecule has 1 fully saturated rings. The summed E-state index contributed by atoms with van der Waals surface area (Å²) in [6, 6.07) is 8.05. The van der Waals surface area contributed by atoms with Crippen molar-refractivity contribution in [1.82, 2.24) is 5.32 Å². The number of piperidine rings is 1. The van der Waals surface area contributed by atoms with Gasteiger partial charge in [0.05, 0.1) is 20.1 Å². The van der Waals surface area contributed by atoms with Crippen LogP contribution in [0.3, 0.4) is 0 Å². The Hall–Kier alpha value is -1.55. The summed E-state index contributed by atoms with van der Waals surface area (Å²) in [5.74, 6) is 1.06. The Kier molecular flexibility index (Phi) is 4.80. The zero-order chi connectivity index (χ0) is 13.7. The van der Waals surface area contributed by atoms with E-state index in [0.717, 1.165) is 25.1 Å². The van der Waals surface area contributed by atoms with Crippen LogP contribution in [0.4, 0.5) is 0 Å². The van der Waals surface area contributed by atoms with Gasteiger partial charge in [0, 0.05) is 6.54 Å². The Bertz CT molecular complexity index is 416. The first kappa shape index (κ1) is 13.9. The molecule has 4 nitrogen and oxygen atoms in total. The Balaban J connectivity index is 2.03. The topological polar surface area (TPSA) is 47.6 Å². The number of hydrogen-bond acceptors (Lipinski definition) is 4. The third kappa shape index (κ3) is 3.47. The lowest BCUT2D eigenvalue weighted by molar-refractivity contribution is -0.148. The lowest BCUT2D eigenvalue weighted by Crippen LogP contribution is -2.42. The van der Waals surface area contributed by atoms with E-state index in [1.807, 2.05) is 12.1 Å². The van der Waals surface area contributed by atoms with Gasteiger partial charge < -0.3 is 14.8 Å². The van der Waals surface area contributed by atoms with E-state index in [-0.39, 0.29) is 11.9 Å². The van der Waals surface area contributed by atoms with E-state index in [0.29, 0.717) is 12.5 Å². The molecule has 0 radical (unpaired) electrons. The van der Waals surface area contributed by atoms with Crippen molar-refractivity contribution < 1.29 is 14.3 Å². The standard InChI is InChI=1S/C15H21NO3/c1-18-13-5-3-11(4-6-13)9-12-7-8-16-10-14(12)15(17)19-2/h3-6,12,14,16H,7-10H2,1-2H3/t12-,14-/m1/s1. The van der Waals surface area contributed by atoms with Crippen molar-refractivity contribution in [3.8, 4) is 5.75 Å². The van der Waals surface area contributed by atoms with E-state index in [1.165, 1.54) is 12.7 Å². The van der Waals surface area contributed by atoms with Crippen LogP contribution in [0.2, 0.25) is 0 Å². The first-order valence-corrected chi connectivity index (χ1v) is 6.66. The molecule has 1 aromatic carbocycles. The molecule has 4 heteroatoms. The van der Waals surface area contributed by atoms with Crippen LogP contribution in [0.5, 0.6) is 5.75 Å². The number of hydrogen-bond donors (Lipinski definition) is 1. The molecule has 2 rings (SSSR count). The maximum atomic E-state index is 11.8. The van der Waals surface area contributed by atoms with Gasteiger partial charge in [0.1, 0.15) is 5.75 Å². The van der Waals surface area contributed by atoms with Crippen molar-refractivity contribution >= 4 is 5.97 Å². The molecule has 1 saturated heterocycles. The van der Waals surface area contributed by atoms with E-state index in [1.54, 1.807) is 7.11 Å². The zero-order valence-corrected chi connectivity index (χ0v) is 11.5. The van der Waals surface area contributed by atoms with Gasteiger partial charge in [-0.15, -0.1) is 0 Å². The number of methoxy groups -OCH3 is 2. The Morgan fingerprint density at radius 3 is 2.68 bits per heavy atom. The van der Waals surface area contributed by atoms with Gasteiger partial charge in [-0.3, -0.25) is 4.79 Å². The highest BCUT2D eigenvalue weighted by Gasteiger charge is 2.31. The minimum atomic E-state index is -0.106. The quantitative estimate of drug-likeness (QED) is 0.839. The largest absolute Gasteiger partial charge is 0.497 e. The van der Waals surface area contributed by atoms with Crippen LogP contribution in [-0.2, 0) is 16.0 Å². The number of carbonyl (C=O) groups excluding carboxylic acids is 1. The summed E-state index contributed by atoms with van der Waals surface area (Å²) in [4.78, 5) is 11.8. The molecule has 0 aliphatic carbocycles. The van der Waals surface area contributed by atoms with E-state index in [9.17, 15) is 4.79 Å². The van der Waals surface area contributed by atoms with Crippen LogP contribution in [-0.4, -0.2) is 33.3 Å². The summed E-state index contributed by atoms with van der Waals surface area (Å²) in [5, 5.41) is 3.26. The Morgan fingerprint density at radius 2 is 2.05 bits per heavy atom. The monoisotopic (exact) mass is 263 g/mol. The summed E-state index contributed by atoms with van der Waals surface area (Å²) < 4.78 is 10.0. The molecule has 2 atom stereocenters. The minimum absolute atomic E-state index is 0.0409. The fourth-order valence-corrected chi connectivity index (χ4v) is 2.65. The van der Waals surface area contributed by atoms with Gasteiger partial charge in [0.25, 0.3) is 0 Å². The maximum Gasteiger partial charge on any atom is 0.310 e. The highest BCUT2D eigenvalue weighted by molar-refractivity contribution is 5.73. The predicted molar refractivity (Wildman–Crippen MR) is 73.2 cm³/mol. The van der Waals surface area contributed by atoms with Crippen molar-refractivity contribution in [2.24, 2.45) is 11.8 Å². The molecular weight excluding hydrogens is 242 g/mol. The fraction of sp³-hybridized carbons (Fsp3) is 0.533. The van der Waals surface area contributed by atoms with Crippen LogP contribution in [0, 0.1) is 11.8 Å². The molecule has 1 aromatic rings. The van der Waals surface area contributed by atoms with Crippen molar-refractivity contribution in [2.75, 3.05) is 27.3 Å². The van der Waals surface area contributed by atoms with E-state index < -0.39 is 0 Å². The van der Waals surface area contributed by atoms with Crippen LogP contribution in [0.25, 0.3) is 0 Å². The molecule has 0 unspecified atom stereocenters. The summed E-state index contributed by atoms with van der Waals surface area (Å²) in [7, 11) is 3.12. The maximum absolute atomic E-state index is 11.8. The highest BCUT2D eigenvalue weighted by Crippen LogP contribution is 2.25. The molecule has 0 spiro atoms. The molecule has 1 heterocycles. The second-order valence-electron chi connectivity index (χ2n) is 4.93. The molecule has 1 aliphatic rings. The van der Waals surface area contributed by atoms with E-state index in [4.69, 9.17) is 9.47 Å². The van der Waals surface area contributed by atoms with Crippen molar-refractivity contribution in [2.45, 2.75) is 12.8 Å². The lowest BCUT2D eigenvalue weighted by atomic mass is 9.82. The van der Waals surface area contributed by atoms with Gasteiger partial charge in [-0.2, -0.15) is 0 Å². The lowest BCUT2D eigenvalue weighted by Gasteiger charge is -2.30. The second kappa shape index (κ2) is 6.57. The van der Waals surface area contributed by atoms with Crippen LogP contribution in [0.15, 0.2) is 24.3 Å². The highest BCUT2D eigenvalue weighted by atomic mass is 16.5. The van der Waals surface area contributed by atoms with Crippen LogP contribution >= 0.6 is 0 Å². The number of rotatable bonds is 4. The molecule has 104 valence electrons. The molecule has 0 amide bonds. The van der Waals surface area contributed by atoms with Gasteiger partial charge in [0.15, 0.2) is 0 Å². The number of nitrogens with one attached hydrogen (secondary N) is 1. The molecular formula is C15H21NO3. The number of carbonyl (C=O) groups is 1. The van der Waals surface area contributed by atoms with Gasteiger partial charge in [-0.05, 0) is 43.0 Å². The van der Waals surface area contributed by atoms with E-state index >= 15 is 0 Å². The molecule has 0 bridgehead atoms. The second-order valence-corrected chi connectivity index (χ2v) is 4.93. The van der Waals surface area contributed by atoms with Crippen LogP contribution < -0.4 is 10.1 Å². The summed E-state index contributed by atoms with van der Waals surface area (Å²) in [6.07, 6.45) is 1.91. The summed E-state index contributed by atoms with van der Waals surface area (Å²) >= 11 is 0.